The van der Waals surface area contributed by atoms with Gasteiger partial charge in [-0.2, -0.15) is 0 Å². The summed E-state index contributed by atoms with van der Waals surface area (Å²) in [7, 11) is -3.65. The molecule has 1 atom stereocenters. The molecule has 2 N–H and O–H groups in total. The van der Waals surface area contributed by atoms with E-state index >= 15 is 0 Å². The largest absolute Gasteiger partial charge is 0.492 e. The van der Waals surface area contributed by atoms with Gasteiger partial charge in [0.1, 0.15) is 10.6 Å². The maximum Gasteiger partial charge on any atom is 0.244 e. The predicted octanol–water partition coefficient (Wildman–Crippen LogP) is 2.53. The van der Waals surface area contributed by atoms with Gasteiger partial charge in [-0.05, 0) is 37.5 Å². The van der Waals surface area contributed by atoms with E-state index in [4.69, 9.17) is 9.84 Å². The summed E-state index contributed by atoms with van der Waals surface area (Å²) in [6.45, 7) is 4.53. The molecule has 1 rings (SSSR count). The summed E-state index contributed by atoms with van der Waals surface area (Å²) in [6.07, 6.45) is 1.38. The van der Waals surface area contributed by atoms with Crippen molar-refractivity contribution in [3.8, 4) is 5.75 Å². The SMILES string of the molecule is CCOc1ccc(Br)cc1S(=O)(=O)NCC(CC)CCO. The van der Waals surface area contributed by atoms with Gasteiger partial charge in [0, 0.05) is 17.6 Å². The molecule has 0 aliphatic carbocycles. The maximum atomic E-state index is 12.4. The van der Waals surface area contributed by atoms with Crippen molar-refractivity contribution in [3.63, 3.8) is 0 Å². The van der Waals surface area contributed by atoms with Crippen molar-refractivity contribution < 1.29 is 18.3 Å². The lowest BCUT2D eigenvalue weighted by Crippen LogP contribution is -2.30. The molecule has 7 heteroatoms. The Kier molecular flexibility index (Phi) is 7.65. The summed E-state index contributed by atoms with van der Waals surface area (Å²) in [6, 6.07) is 4.90. The molecule has 0 saturated carbocycles. The first kappa shape index (κ1) is 18.4. The zero-order valence-corrected chi connectivity index (χ0v) is 14.7. The average molecular weight is 380 g/mol. The van der Waals surface area contributed by atoms with E-state index in [-0.39, 0.29) is 17.4 Å². The van der Waals surface area contributed by atoms with Crippen molar-refractivity contribution in [2.75, 3.05) is 19.8 Å². The highest BCUT2D eigenvalue weighted by molar-refractivity contribution is 9.10. The Bertz CT molecular complexity index is 548. The summed E-state index contributed by atoms with van der Waals surface area (Å²) in [5.74, 6) is 0.455. The molecule has 0 spiro atoms. The zero-order chi connectivity index (χ0) is 15.9. The number of benzene rings is 1. The summed E-state index contributed by atoms with van der Waals surface area (Å²) >= 11 is 3.28. The monoisotopic (exact) mass is 379 g/mol. The molecule has 0 fully saturated rings. The topological polar surface area (TPSA) is 75.6 Å². The van der Waals surface area contributed by atoms with E-state index in [0.29, 0.717) is 29.8 Å². The number of sulfonamides is 1. The van der Waals surface area contributed by atoms with E-state index < -0.39 is 10.0 Å². The van der Waals surface area contributed by atoms with Crippen LogP contribution in [0.3, 0.4) is 0 Å². The van der Waals surface area contributed by atoms with Crippen LogP contribution in [0.1, 0.15) is 26.7 Å². The molecule has 0 aromatic heterocycles. The Hall–Kier alpha value is -0.630. The minimum Gasteiger partial charge on any atom is -0.492 e. The van der Waals surface area contributed by atoms with Crippen molar-refractivity contribution in [1.29, 1.82) is 0 Å². The van der Waals surface area contributed by atoms with Crippen LogP contribution in [-0.2, 0) is 10.0 Å². The second kappa shape index (κ2) is 8.73. The van der Waals surface area contributed by atoms with Crippen molar-refractivity contribution >= 4 is 26.0 Å². The molecule has 0 aliphatic heterocycles. The Balaban J connectivity index is 2.94. The van der Waals surface area contributed by atoms with E-state index in [2.05, 4.69) is 20.7 Å². The van der Waals surface area contributed by atoms with Gasteiger partial charge in [-0.15, -0.1) is 0 Å². The van der Waals surface area contributed by atoms with E-state index in [1.54, 1.807) is 19.1 Å². The molecular weight excluding hydrogens is 358 g/mol. The van der Waals surface area contributed by atoms with Crippen LogP contribution in [0.4, 0.5) is 0 Å². The van der Waals surface area contributed by atoms with Crippen LogP contribution in [0.15, 0.2) is 27.6 Å². The lowest BCUT2D eigenvalue weighted by molar-refractivity contribution is 0.254. The Labute approximate surface area is 134 Å². The molecule has 21 heavy (non-hydrogen) atoms. The van der Waals surface area contributed by atoms with Gasteiger partial charge < -0.3 is 9.84 Å². The summed E-state index contributed by atoms with van der Waals surface area (Å²) in [4.78, 5) is 0.123. The van der Waals surface area contributed by atoms with Gasteiger partial charge in [0.15, 0.2) is 0 Å². The molecule has 0 amide bonds. The third-order valence-electron chi connectivity index (χ3n) is 3.17. The number of hydrogen-bond donors (Lipinski definition) is 2. The molecular formula is C14H22BrNO4S. The Morgan fingerprint density at radius 2 is 2.10 bits per heavy atom. The van der Waals surface area contributed by atoms with Gasteiger partial charge in [0.05, 0.1) is 6.61 Å². The molecule has 120 valence electrons. The Morgan fingerprint density at radius 3 is 2.67 bits per heavy atom. The van der Waals surface area contributed by atoms with Crippen molar-refractivity contribution in [1.82, 2.24) is 4.72 Å². The highest BCUT2D eigenvalue weighted by Crippen LogP contribution is 2.27. The maximum absolute atomic E-state index is 12.4. The predicted molar refractivity (Wildman–Crippen MR) is 86.0 cm³/mol. The number of hydrogen-bond acceptors (Lipinski definition) is 4. The number of aliphatic hydroxyl groups excluding tert-OH is 1. The van der Waals surface area contributed by atoms with Crippen LogP contribution in [0.25, 0.3) is 0 Å². The Morgan fingerprint density at radius 1 is 1.38 bits per heavy atom. The fourth-order valence-corrected chi connectivity index (χ4v) is 3.70. The van der Waals surface area contributed by atoms with Crippen LogP contribution < -0.4 is 9.46 Å². The second-order valence-corrected chi connectivity index (χ2v) is 7.31. The third-order valence-corrected chi connectivity index (χ3v) is 5.11. The first-order chi connectivity index (χ1) is 9.94. The lowest BCUT2D eigenvalue weighted by Gasteiger charge is -2.16. The van der Waals surface area contributed by atoms with Crippen LogP contribution >= 0.6 is 15.9 Å². The van der Waals surface area contributed by atoms with Gasteiger partial charge >= 0.3 is 0 Å². The van der Waals surface area contributed by atoms with E-state index in [1.807, 2.05) is 6.92 Å². The molecule has 1 unspecified atom stereocenters. The fourth-order valence-electron chi connectivity index (χ4n) is 1.91. The van der Waals surface area contributed by atoms with Crippen LogP contribution in [-0.4, -0.2) is 33.3 Å². The zero-order valence-electron chi connectivity index (χ0n) is 12.3. The van der Waals surface area contributed by atoms with Crippen molar-refractivity contribution in [2.45, 2.75) is 31.6 Å². The minimum absolute atomic E-state index is 0.0569. The summed E-state index contributed by atoms with van der Waals surface area (Å²) < 4.78 is 33.5. The van der Waals surface area contributed by atoms with Crippen molar-refractivity contribution in [2.24, 2.45) is 5.92 Å². The second-order valence-electron chi connectivity index (χ2n) is 4.66. The van der Waals surface area contributed by atoms with Crippen LogP contribution in [0.2, 0.25) is 0 Å². The molecule has 0 radical (unpaired) electrons. The molecule has 0 heterocycles. The fraction of sp³-hybridized carbons (Fsp3) is 0.571. The smallest absolute Gasteiger partial charge is 0.244 e. The van der Waals surface area contributed by atoms with Gasteiger partial charge in [0.25, 0.3) is 0 Å². The van der Waals surface area contributed by atoms with E-state index in [1.165, 1.54) is 6.07 Å². The van der Waals surface area contributed by atoms with Crippen LogP contribution in [0.5, 0.6) is 5.75 Å². The van der Waals surface area contributed by atoms with E-state index in [0.717, 1.165) is 6.42 Å². The number of halogens is 1. The van der Waals surface area contributed by atoms with Gasteiger partial charge in [0.2, 0.25) is 10.0 Å². The summed E-state index contributed by atoms with van der Waals surface area (Å²) in [5.41, 5.74) is 0. The molecule has 1 aromatic rings. The van der Waals surface area contributed by atoms with Crippen molar-refractivity contribution in [3.05, 3.63) is 22.7 Å². The number of nitrogens with one attached hydrogen (secondary N) is 1. The normalized spacial score (nSPS) is 13.1. The first-order valence-electron chi connectivity index (χ1n) is 6.97. The highest BCUT2D eigenvalue weighted by Gasteiger charge is 2.21. The standard InChI is InChI=1S/C14H22BrNO4S/c1-3-11(7-8-17)10-16-21(18,19)14-9-12(15)5-6-13(14)20-4-2/h5-6,9,11,16-17H,3-4,7-8,10H2,1-2H3. The molecule has 1 aromatic carbocycles. The van der Waals surface area contributed by atoms with E-state index in [9.17, 15) is 8.42 Å². The lowest BCUT2D eigenvalue weighted by atomic mass is 10.0. The summed E-state index contributed by atoms with van der Waals surface area (Å²) in [5, 5.41) is 8.96. The quantitative estimate of drug-likeness (QED) is 0.691. The number of ether oxygens (including phenoxy) is 1. The molecule has 0 bridgehead atoms. The minimum atomic E-state index is -3.65. The first-order valence-corrected chi connectivity index (χ1v) is 9.25. The van der Waals surface area contributed by atoms with Crippen LogP contribution in [0, 0.1) is 5.92 Å². The number of rotatable bonds is 9. The third kappa shape index (κ3) is 5.58. The molecule has 5 nitrogen and oxygen atoms in total. The highest BCUT2D eigenvalue weighted by atomic mass is 79.9. The molecule has 0 saturated heterocycles. The average Bonchev–Trinajstić information content (AvgIpc) is 2.45. The van der Waals surface area contributed by atoms with Gasteiger partial charge in [-0.3, -0.25) is 0 Å². The van der Waals surface area contributed by atoms with Gasteiger partial charge in [-0.1, -0.05) is 29.3 Å². The number of aliphatic hydroxyl groups is 1. The van der Waals surface area contributed by atoms with Gasteiger partial charge in [-0.25, -0.2) is 13.1 Å². The molecule has 0 aliphatic rings.